The van der Waals surface area contributed by atoms with Gasteiger partial charge in [0.2, 0.25) is 0 Å². The van der Waals surface area contributed by atoms with Crippen molar-refractivity contribution < 1.29 is 30.0 Å². The molecule has 8 heteroatoms. The summed E-state index contributed by atoms with van der Waals surface area (Å²) in [5, 5.41) is 34.5. The Labute approximate surface area is 159 Å². The van der Waals surface area contributed by atoms with Gasteiger partial charge in [-0.15, -0.1) is 0 Å². The van der Waals surface area contributed by atoms with Crippen LogP contribution in [0.4, 0.5) is 0 Å². The van der Waals surface area contributed by atoms with Crippen LogP contribution in [0.3, 0.4) is 0 Å². The Hall–Kier alpha value is -2.00. The van der Waals surface area contributed by atoms with E-state index in [1.165, 1.54) is 23.5 Å². The van der Waals surface area contributed by atoms with Gasteiger partial charge < -0.3 is 20.4 Å². The van der Waals surface area contributed by atoms with Crippen molar-refractivity contribution in [1.29, 1.82) is 0 Å². The Morgan fingerprint density at radius 2 is 1.15 bits per heavy atom. The maximum Gasteiger partial charge on any atom is 0.300 e. The maximum absolute atomic E-state index is 9.84. The number of aliphatic hydroxyl groups excluding tert-OH is 1. The molecule has 2 aromatic carbocycles. The van der Waals surface area contributed by atoms with Crippen LogP contribution in [0.2, 0.25) is 0 Å². The fourth-order valence-electron chi connectivity index (χ4n) is 2.01. The van der Waals surface area contributed by atoms with Crippen molar-refractivity contribution in [3.8, 4) is 0 Å². The first kappa shape index (κ1) is 22.0. The summed E-state index contributed by atoms with van der Waals surface area (Å²) in [6.45, 7) is 2.17. The van der Waals surface area contributed by atoms with Gasteiger partial charge in [0, 0.05) is 23.6 Å². The SMILES string of the molecule is CC(=O)O.CC(=O)O.OC(O)C1(c2ccccc2)Sc2ccccc2S1. The summed E-state index contributed by atoms with van der Waals surface area (Å²) >= 11 is 3.02. The molecular formula is C18H20O6S2. The van der Waals surface area contributed by atoms with Crippen LogP contribution >= 0.6 is 23.5 Å². The molecule has 0 bridgehead atoms. The Bertz CT molecular complexity index is 688. The number of carboxylic acid groups (broad SMARTS) is 2. The highest BCUT2D eigenvalue weighted by molar-refractivity contribution is 8.20. The quantitative estimate of drug-likeness (QED) is 0.572. The Morgan fingerprint density at radius 1 is 0.808 bits per heavy atom. The van der Waals surface area contributed by atoms with E-state index in [1.54, 1.807) is 0 Å². The predicted octanol–water partition coefficient (Wildman–Crippen LogP) is 3.23. The highest BCUT2D eigenvalue weighted by Crippen LogP contribution is 2.62. The number of carbonyl (C=O) groups is 2. The molecule has 0 fully saturated rings. The van der Waals surface area contributed by atoms with Crippen molar-refractivity contribution in [2.24, 2.45) is 0 Å². The van der Waals surface area contributed by atoms with Crippen LogP contribution in [-0.2, 0) is 13.7 Å². The lowest BCUT2D eigenvalue weighted by Gasteiger charge is -2.29. The molecule has 6 nitrogen and oxygen atoms in total. The van der Waals surface area contributed by atoms with Crippen LogP contribution in [0.15, 0.2) is 64.4 Å². The molecule has 0 radical (unpaired) electrons. The monoisotopic (exact) mass is 396 g/mol. The van der Waals surface area contributed by atoms with Crippen molar-refractivity contribution in [3.05, 3.63) is 60.2 Å². The smallest absolute Gasteiger partial charge is 0.300 e. The summed E-state index contributed by atoms with van der Waals surface area (Å²) in [5.74, 6) is -1.67. The number of aliphatic carboxylic acids is 2. The standard InChI is InChI=1S/C14H12O2S2.2C2H4O2/c15-13(16)14(10-6-2-1-3-7-10)17-11-8-4-5-9-12(11)18-14;2*1-2(3)4/h1-9,13,15-16H;2*1H3,(H,3,4). The third-order valence-corrected chi connectivity index (χ3v) is 6.17. The van der Waals surface area contributed by atoms with Gasteiger partial charge in [-0.1, -0.05) is 66.0 Å². The zero-order valence-corrected chi connectivity index (χ0v) is 15.8. The average molecular weight is 396 g/mol. The minimum absolute atomic E-state index is 0.759. The summed E-state index contributed by atoms with van der Waals surface area (Å²) < 4.78 is -0.759. The summed E-state index contributed by atoms with van der Waals surface area (Å²) in [6.07, 6.45) is -1.41. The molecule has 0 aliphatic carbocycles. The molecule has 1 heterocycles. The van der Waals surface area contributed by atoms with Crippen LogP contribution in [0.1, 0.15) is 19.4 Å². The van der Waals surface area contributed by atoms with Crippen LogP contribution in [0.5, 0.6) is 0 Å². The zero-order chi connectivity index (χ0) is 19.7. The molecule has 4 N–H and O–H groups in total. The minimum Gasteiger partial charge on any atom is -0.481 e. The second kappa shape index (κ2) is 10.2. The summed E-state index contributed by atoms with van der Waals surface area (Å²) in [6, 6.07) is 17.6. The Morgan fingerprint density at radius 3 is 1.50 bits per heavy atom. The molecule has 0 atom stereocenters. The molecule has 0 saturated heterocycles. The molecule has 1 aliphatic heterocycles. The van der Waals surface area contributed by atoms with E-state index in [0.29, 0.717) is 0 Å². The summed E-state index contributed by atoms with van der Waals surface area (Å²) in [4.78, 5) is 20.2. The molecule has 0 saturated carbocycles. The second-order valence-electron chi connectivity index (χ2n) is 5.10. The molecule has 1 aliphatic rings. The Kier molecular flexibility index (Phi) is 8.67. The predicted molar refractivity (Wildman–Crippen MR) is 101 cm³/mol. The van der Waals surface area contributed by atoms with Gasteiger partial charge in [0.05, 0.1) is 0 Å². The maximum atomic E-state index is 9.84. The van der Waals surface area contributed by atoms with E-state index < -0.39 is 22.3 Å². The average Bonchev–Trinajstić information content (AvgIpc) is 2.95. The van der Waals surface area contributed by atoms with E-state index in [9.17, 15) is 10.2 Å². The van der Waals surface area contributed by atoms with E-state index in [0.717, 1.165) is 29.2 Å². The second-order valence-corrected chi connectivity index (χ2v) is 7.93. The fourth-order valence-corrected chi connectivity index (χ4v) is 4.97. The normalized spacial score (nSPS) is 13.6. The summed E-state index contributed by atoms with van der Waals surface area (Å²) in [7, 11) is 0. The third kappa shape index (κ3) is 6.38. The van der Waals surface area contributed by atoms with E-state index >= 15 is 0 Å². The molecular weight excluding hydrogens is 376 g/mol. The fraction of sp³-hybridized carbons (Fsp3) is 0.222. The van der Waals surface area contributed by atoms with Gasteiger partial charge in [-0.25, -0.2) is 0 Å². The van der Waals surface area contributed by atoms with Gasteiger partial charge >= 0.3 is 0 Å². The van der Waals surface area contributed by atoms with Gasteiger partial charge in [0.1, 0.15) is 4.08 Å². The number of hydrogen-bond acceptors (Lipinski definition) is 6. The minimum atomic E-state index is -1.41. The molecule has 2 aromatic rings. The lowest BCUT2D eigenvalue weighted by Crippen LogP contribution is -2.31. The number of aliphatic hydroxyl groups is 2. The first-order chi connectivity index (χ1) is 12.2. The van der Waals surface area contributed by atoms with E-state index in [4.69, 9.17) is 19.8 Å². The van der Waals surface area contributed by atoms with Crippen LogP contribution < -0.4 is 0 Å². The van der Waals surface area contributed by atoms with E-state index in [1.807, 2.05) is 54.6 Å². The molecule has 0 spiro atoms. The van der Waals surface area contributed by atoms with Crippen molar-refractivity contribution in [2.45, 2.75) is 34.0 Å². The largest absolute Gasteiger partial charge is 0.481 e. The van der Waals surface area contributed by atoms with Gasteiger partial charge in [-0.3, -0.25) is 9.59 Å². The number of fused-ring (bicyclic) bond motifs is 1. The molecule has 3 rings (SSSR count). The molecule has 26 heavy (non-hydrogen) atoms. The van der Waals surface area contributed by atoms with Gasteiger partial charge in [-0.05, 0) is 17.7 Å². The van der Waals surface area contributed by atoms with Gasteiger partial charge in [0.25, 0.3) is 11.9 Å². The number of thioether (sulfide) groups is 2. The van der Waals surface area contributed by atoms with Crippen molar-refractivity contribution in [2.75, 3.05) is 0 Å². The van der Waals surface area contributed by atoms with Gasteiger partial charge in [-0.2, -0.15) is 0 Å². The van der Waals surface area contributed by atoms with Crippen molar-refractivity contribution in [1.82, 2.24) is 0 Å². The first-order valence-corrected chi connectivity index (χ1v) is 9.10. The highest BCUT2D eigenvalue weighted by atomic mass is 32.2. The molecule has 0 unspecified atom stereocenters. The third-order valence-electron chi connectivity index (χ3n) is 2.89. The summed E-state index contributed by atoms with van der Waals surface area (Å²) in [5.41, 5.74) is 0.922. The lowest BCUT2D eigenvalue weighted by atomic mass is 10.1. The molecule has 0 aromatic heterocycles. The number of rotatable bonds is 2. The van der Waals surface area contributed by atoms with Crippen LogP contribution in [0, 0.1) is 0 Å². The van der Waals surface area contributed by atoms with E-state index in [-0.39, 0.29) is 0 Å². The van der Waals surface area contributed by atoms with Crippen molar-refractivity contribution in [3.63, 3.8) is 0 Å². The number of benzene rings is 2. The van der Waals surface area contributed by atoms with Crippen LogP contribution in [0.25, 0.3) is 0 Å². The van der Waals surface area contributed by atoms with Gasteiger partial charge in [0.15, 0.2) is 6.29 Å². The molecule has 140 valence electrons. The van der Waals surface area contributed by atoms with Crippen molar-refractivity contribution >= 4 is 35.5 Å². The lowest BCUT2D eigenvalue weighted by molar-refractivity contribution is -0.135. The zero-order valence-electron chi connectivity index (χ0n) is 14.2. The number of carboxylic acids is 2. The topological polar surface area (TPSA) is 115 Å². The number of hydrogen-bond donors (Lipinski definition) is 4. The van der Waals surface area contributed by atoms with E-state index in [2.05, 4.69) is 0 Å². The first-order valence-electron chi connectivity index (χ1n) is 7.47. The molecule has 0 amide bonds. The highest BCUT2D eigenvalue weighted by Gasteiger charge is 2.46. The Balaban J connectivity index is 0.000000360. The van der Waals surface area contributed by atoms with Crippen LogP contribution in [-0.4, -0.2) is 38.7 Å².